The summed E-state index contributed by atoms with van der Waals surface area (Å²) in [5, 5.41) is 8.78. The third-order valence-corrected chi connectivity index (χ3v) is 1.87. The highest BCUT2D eigenvalue weighted by Crippen LogP contribution is 2.19. The van der Waals surface area contributed by atoms with Crippen LogP contribution in [0.15, 0.2) is 18.2 Å². The smallest absolute Gasteiger partial charge is 0.137 e. The lowest BCUT2D eigenvalue weighted by molar-refractivity contribution is 0.339. The van der Waals surface area contributed by atoms with E-state index in [1.54, 1.807) is 0 Å². The first kappa shape index (κ1) is 9.60. The normalized spacial score (nSPS) is 9.31. The van der Waals surface area contributed by atoms with E-state index in [9.17, 15) is 0 Å². The molecule has 0 amide bonds. The molecule has 2 nitrogen and oxygen atoms in total. The van der Waals surface area contributed by atoms with Crippen molar-refractivity contribution in [2.45, 2.75) is 20.3 Å². The maximum atomic E-state index is 8.78. The molecule has 1 aromatic rings. The van der Waals surface area contributed by atoms with E-state index in [2.05, 4.69) is 13.0 Å². The Morgan fingerprint density at radius 1 is 1.38 bits per heavy atom. The van der Waals surface area contributed by atoms with Gasteiger partial charge >= 0.3 is 0 Å². The fourth-order valence-electron chi connectivity index (χ4n) is 1.15. The first-order valence-corrected chi connectivity index (χ1v) is 4.47. The van der Waals surface area contributed by atoms with E-state index in [1.807, 2.05) is 25.1 Å². The van der Waals surface area contributed by atoms with Gasteiger partial charge in [-0.05, 0) is 31.0 Å². The zero-order valence-corrected chi connectivity index (χ0v) is 8.00. The van der Waals surface area contributed by atoms with E-state index in [0.717, 1.165) is 6.42 Å². The zero-order valence-electron chi connectivity index (χ0n) is 8.00. The minimum absolute atomic E-state index is 0.599. The third-order valence-electron chi connectivity index (χ3n) is 1.87. The van der Waals surface area contributed by atoms with Crippen molar-refractivity contribution in [1.29, 1.82) is 5.26 Å². The van der Waals surface area contributed by atoms with E-state index in [1.165, 1.54) is 5.56 Å². The molecule has 0 aliphatic heterocycles. The van der Waals surface area contributed by atoms with Gasteiger partial charge in [0.25, 0.3) is 0 Å². The molecule has 0 bridgehead atoms. The van der Waals surface area contributed by atoms with Crippen LogP contribution in [-0.4, -0.2) is 6.61 Å². The predicted molar refractivity (Wildman–Crippen MR) is 51.7 cm³/mol. The SMILES string of the molecule is CCOc1cc(CC)ccc1C#N. The number of benzene rings is 1. The van der Waals surface area contributed by atoms with Crippen LogP contribution in [0, 0.1) is 11.3 Å². The Kier molecular flexibility index (Phi) is 3.33. The number of rotatable bonds is 3. The predicted octanol–water partition coefficient (Wildman–Crippen LogP) is 2.52. The van der Waals surface area contributed by atoms with Crippen molar-refractivity contribution in [3.63, 3.8) is 0 Å². The second kappa shape index (κ2) is 4.51. The molecule has 0 aliphatic carbocycles. The van der Waals surface area contributed by atoms with E-state index >= 15 is 0 Å². The lowest BCUT2D eigenvalue weighted by atomic mass is 10.1. The molecular weight excluding hydrogens is 162 g/mol. The average Bonchev–Trinajstić information content (AvgIpc) is 2.18. The number of hydrogen-bond acceptors (Lipinski definition) is 2. The van der Waals surface area contributed by atoms with Crippen LogP contribution in [0.25, 0.3) is 0 Å². The molecule has 0 heterocycles. The van der Waals surface area contributed by atoms with Crippen molar-refractivity contribution in [1.82, 2.24) is 0 Å². The lowest BCUT2D eigenvalue weighted by Gasteiger charge is -2.06. The second-order valence-electron chi connectivity index (χ2n) is 2.73. The quantitative estimate of drug-likeness (QED) is 0.707. The molecule has 0 unspecified atom stereocenters. The van der Waals surface area contributed by atoms with Gasteiger partial charge in [-0.1, -0.05) is 13.0 Å². The molecule has 2 heteroatoms. The van der Waals surface area contributed by atoms with Crippen LogP contribution in [0.1, 0.15) is 25.0 Å². The van der Waals surface area contributed by atoms with Gasteiger partial charge in [0.15, 0.2) is 0 Å². The topological polar surface area (TPSA) is 33.0 Å². The summed E-state index contributed by atoms with van der Waals surface area (Å²) in [6.45, 7) is 4.60. The molecular formula is C11H13NO. The van der Waals surface area contributed by atoms with E-state index in [-0.39, 0.29) is 0 Å². The first-order chi connectivity index (χ1) is 6.31. The van der Waals surface area contributed by atoms with Gasteiger partial charge in [0, 0.05) is 0 Å². The molecule has 13 heavy (non-hydrogen) atoms. The molecule has 1 rings (SSSR count). The summed E-state index contributed by atoms with van der Waals surface area (Å²) in [6, 6.07) is 7.81. The molecule has 0 radical (unpaired) electrons. The van der Waals surface area contributed by atoms with Gasteiger partial charge in [0.2, 0.25) is 0 Å². The van der Waals surface area contributed by atoms with Crippen molar-refractivity contribution < 1.29 is 4.74 Å². The fraction of sp³-hybridized carbons (Fsp3) is 0.364. The third kappa shape index (κ3) is 2.22. The minimum Gasteiger partial charge on any atom is -0.492 e. The Morgan fingerprint density at radius 2 is 2.15 bits per heavy atom. The van der Waals surface area contributed by atoms with Gasteiger partial charge in [-0.25, -0.2) is 0 Å². The largest absolute Gasteiger partial charge is 0.492 e. The number of hydrogen-bond donors (Lipinski definition) is 0. The van der Waals surface area contributed by atoms with Gasteiger partial charge in [-0.15, -0.1) is 0 Å². The van der Waals surface area contributed by atoms with Crippen molar-refractivity contribution in [3.05, 3.63) is 29.3 Å². The monoisotopic (exact) mass is 175 g/mol. The average molecular weight is 175 g/mol. The summed E-state index contributed by atoms with van der Waals surface area (Å²) in [5.74, 6) is 0.698. The molecule has 0 aromatic heterocycles. The summed E-state index contributed by atoms with van der Waals surface area (Å²) in [4.78, 5) is 0. The van der Waals surface area contributed by atoms with Gasteiger partial charge in [-0.2, -0.15) is 5.26 Å². The highest BCUT2D eigenvalue weighted by atomic mass is 16.5. The van der Waals surface area contributed by atoms with E-state index in [4.69, 9.17) is 10.00 Å². The molecule has 0 fully saturated rings. The van der Waals surface area contributed by atoms with Crippen molar-refractivity contribution in [2.24, 2.45) is 0 Å². The van der Waals surface area contributed by atoms with Crippen LogP contribution in [0.4, 0.5) is 0 Å². The van der Waals surface area contributed by atoms with Crippen LogP contribution < -0.4 is 4.74 Å². The Hall–Kier alpha value is -1.49. The molecule has 68 valence electrons. The van der Waals surface area contributed by atoms with Crippen molar-refractivity contribution in [3.8, 4) is 11.8 Å². The summed E-state index contributed by atoms with van der Waals surface area (Å²) >= 11 is 0. The van der Waals surface area contributed by atoms with Crippen LogP contribution in [0.5, 0.6) is 5.75 Å². The van der Waals surface area contributed by atoms with Crippen LogP contribution >= 0.6 is 0 Å². The Balaban J connectivity index is 3.04. The standard InChI is InChI=1S/C11H13NO/c1-3-9-5-6-10(8-12)11(7-9)13-4-2/h5-7H,3-4H2,1-2H3. The lowest BCUT2D eigenvalue weighted by Crippen LogP contribution is -1.95. The summed E-state index contributed by atoms with van der Waals surface area (Å²) in [7, 11) is 0. The van der Waals surface area contributed by atoms with E-state index < -0.39 is 0 Å². The maximum absolute atomic E-state index is 8.78. The molecule has 0 atom stereocenters. The summed E-state index contributed by atoms with van der Waals surface area (Å²) in [5.41, 5.74) is 1.81. The van der Waals surface area contributed by atoms with Gasteiger partial charge < -0.3 is 4.74 Å². The molecule has 0 saturated carbocycles. The second-order valence-corrected chi connectivity index (χ2v) is 2.73. The zero-order chi connectivity index (χ0) is 9.68. The Bertz CT molecular complexity index is 325. The molecule has 0 aliphatic rings. The Labute approximate surface area is 78.8 Å². The summed E-state index contributed by atoms with van der Waals surface area (Å²) in [6.07, 6.45) is 0.964. The highest BCUT2D eigenvalue weighted by molar-refractivity contribution is 5.45. The fourth-order valence-corrected chi connectivity index (χ4v) is 1.15. The van der Waals surface area contributed by atoms with Crippen molar-refractivity contribution in [2.75, 3.05) is 6.61 Å². The van der Waals surface area contributed by atoms with E-state index in [0.29, 0.717) is 17.9 Å². The number of nitrogens with zero attached hydrogens (tertiary/aromatic N) is 1. The highest BCUT2D eigenvalue weighted by Gasteiger charge is 2.02. The summed E-state index contributed by atoms with van der Waals surface area (Å²) < 4.78 is 5.35. The van der Waals surface area contributed by atoms with Crippen molar-refractivity contribution >= 4 is 0 Å². The van der Waals surface area contributed by atoms with Crippen LogP contribution in [0.2, 0.25) is 0 Å². The molecule has 0 spiro atoms. The Morgan fingerprint density at radius 3 is 2.69 bits per heavy atom. The van der Waals surface area contributed by atoms with Gasteiger partial charge in [-0.3, -0.25) is 0 Å². The molecule has 0 N–H and O–H groups in total. The minimum atomic E-state index is 0.599. The number of aryl methyl sites for hydroxylation is 1. The maximum Gasteiger partial charge on any atom is 0.137 e. The number of nitriles is 1. The van der Waals surface area contributed by atoms with Gasteiger partial charge in [0.05, 0.1) is 12.2 Å². The van der Waals surface area contributed by atoms with Crippen LogP contribution in [0.3, 0.4) is 0 Å². The first-order valence-electron chi connectivity index (χ1n) is 4.47. The number of ether oxygens (including phenoxy) is 1. The van der Waals surface area contributed by atoms with Crippen LogP contribution in [-0.2, 0) is 6.42 Å². The molecule has 0 saturated heterocycles. The van der Waals surface area contributed by atoms with Gasteiger partial charge in [0.1, 0.15) is 11.8 Å². The molecule has 1 aromatic carbocycles.